The van der Waals surface area contributed by atoms with E-state index in [-0.39, 0.29) is 12.0 Å². The summed E-state index contributed by atoms with van der Waals surface area (Å²) < 4.78 is 0. The molecular formula is C19H32O4. The number of unbranched alkanes of at least 4 members (excludes halogenated alkanes) is 9. The summed E-state index contributed by atoms with van der Waals surface area (Å²) in [5.74, 6) is -2.04. The summed E-state index contributed by atoms with van der Waals surface area (Å²) in [6, 6.07) is 0. The standard InChI is InChI=1S/C19H32O4/c1-3-4-5-6-7-8-9-10-11-12-13-17(19(22)23)15-14-16(2)18(20)21/h15H,2-14H2,1H3,(H,20,21)(H,22,23). The van der Waals surface area contributed by atoms with Crippen LogP contribution in [0.25, 0.3) is 0 Å². The minimum Gasteiger partial charge on any atom is -0.478 e. The minimum absolute atomic E-state index is 0.0202. The van der Waals surface area contributed by atoms with Crippen molar-refractivity contribution in [2.45, 2.75) is 84.0 Å². The summed E-state index contributed by atoms with van der Waals surface area (Å²) in [5, 5.41) is 17.8. The summed E-state index contributed by atoms with van der Waals surface area (Å²) in [6.45, 7) is 5.62. The molecule has 132 valence electrons. The zero-order chi connectivity index (χ0) is 17.5. The smallest absolute Gasteiger partial charge is 0.331 e. The highest BCUT2D eigenvalue weighted by Crippen LogP contribution is 2.15. The van der Waals surface area contributed by atoms with E-state index in [0.717, 1.165) is 19.3 Å². The van der Waals surface area contributed by atoms with Gasteiger partial charge in [0.25, 0.3) is 0 Å². The van der Waals surface area contributed by atoms with Crippen LogP contribution in [0, 0.1) is 0 Å². The molecule has 0 saturated carbocycles. The van der Waals surface area contributed by atoms with E-state index < -0.39 is 11.9 Å². The summed E-state index contributed by atoms with van der Waals surface area (Å²) in [4.78, 5) is 21.8. The third-order valence-corrected chi connectivity index (χ3v) is 3.97. The summed E-state index contributed by atoms with van der Waals surface area (Å²) in [7, 11) is 0. The van der Waals surface area contributed by atoms with Crippen molar-refractivity contribution in [1.82, 2.24) is 0 Å². The fraction of sp³-hybridized carbons (Fsp3) is 0.684. The molecule has 0 aliphatic rings. The maximum Gasteiger partial charge on any atom is 0.331 e. The highest BCUT2D eigenvalue weighted by atomic mass is 16.4. The molecular weight excluding hydrogens is 292 g/mol. The van der Waals surface area contributed by atoms with Gasteiger partial charge in [0.1, 0.15) is 0 Å². The van der Waals surface area contributed by atoms with Crippen molar-refractivity contribution in [3.8, 4) is 0 Å². The van der Waals surface area contributed by atoms with E-state index in [9.17, 15) is 9.59 Å². The fourth-order valence-corrected chi connectivity index (χ4v) is 2.43. The molecule has 0 rings (SSSR count). The number of carboxylic acids is 2. The van der Waals surface area contributed by atoms with Gasteiger partial charge in [0.05, 0.1) is 0 Å². The Hall–Kier alpha value is -1.58. The molecule has 4 heteroatoms. The molecule has 0 saturated heterocycles. The van der Waals surface area contributed by atoms with Gasteiger partial charge >= 0.3 is 11.9 Å². The third kappa shape index (κ3) is 12.6. The first kappa shape index (κ1) is 21.4. The van der Waals surface area contributed by atoms with E-state index in [1.165, 1.54) is 51.0 Å². The van der Waals surface area contributed by atoms with E-state index in [4.69, 9.17) is 10.2 Å². The van der Waals surface area contributed by atoms with Gasteiger partial charge in [-0.05, 0) is 19.3 Å². The molecule has 0 aliphatic heterocycles. The van der Waals surface area contributed by atoms with Gasteiger partial charge in [0, 0.05) is 11.1 Å². The number of hydrogen-bond acceptors (Lipinski definition) is 2. The first-order valence-electron chi connectivity index (χ1n) is 8.82. The van der Waals surface area contributed by atoms with Crippen LogP contribution in [0.15, 0.2) is 23.8 Å². The van der Waals surface area contributed by atoms with E-state index >= 15 is 0 Å². The van der Waals surface area contributed by atoms with Crippen molar-refractivity contribution in [1.29, 1.82) is 0 Å². The maximum absolute atomic E-state index is 11.1. The van der Waals surface area contributed by atoms with Crippen LogP contribution in [-0.4, -0.2) is 22.2 Å². The minimum atomic E-state index is -1.08. The van der Waals surface area contributed by atoms with Crippen LogP contribution >= 0.6 is 0 Å². The summed E-state index contributed by atoms with van der Waals surface area (Å²) >= 11 is 0. The molecule has 0 spiro atoms. The third-order valence-electron chi connectivity index (χ3n) is 3.97. The van der Waals surface area contributed by atoms with Gasteiger partial charge in [-0.2, -0.15) is 0 Å². The van der Waals surface area contributed by atoms with Gasteiger partial charge in [0.2, 0.25) is 0 Å². The second-order valence-electron chi connectivity index (χ2n) is 6.08. The number of carbonyl (C=O) groups is 2. The molecule has 0 fully saturated rings. The highest BCUT2D eigenvalue weighted by molar-refractivity contribution is 5.88. The van der Waals surface area contributed by atoms with Gasteiger partial charge in [-0.3, -0.25) is 0 Å². The molecule has 0 heterocycles. The molecule has 2 N–H and O–H groups in total. The topological polar surface area (TPSA) is 74.6 Å². The summed E-state index contributed by atoms with van der Waals surface area (Å²) in [5.41, 5.74) is 0.318. The Morgan fingerprint density at radius 2 is 1.30 bits per heavy atom. The second-order valence-corrected chi connectivity index (χ2v) is 6.08. The van der Waals surface area contributed by atoms with Gasteiger partial charge in [-0.15, -0.1) is 0 Å². The lowest BCUT2D eigenvalue weighted by Crippen LogP contribution is -2.03. The molecule has 0 unspecified atom stereocenters. The maximum atomic E-state index is 11.1. The Kier molecular flexibility index (Phi) is 13.1. The van der Waals surface area contributed by atoms with Crippen LogP contribution in [0.1, 0.15) is 84.0 Å². The average Bonchev–Trinajstić information content (AvgIpc) is 2.51. The van der Waals surface area contributed by atoms with Gasteiger partial charge in [-0.25, -0.2) is 9.59 Å². The van der Waals surface area contributed by atoms with Gasteiger partial charge < -0.3 is 10.2 Å². The quantitative estimate of drug-likeness (QED) is 0.315. The molecule has 0 aromatic carbocycles. The molecule has 4 nitrogen and oxygen atoms in total. The fourth-order valence-electron chi connectivity index (χ4n) is 2.43. The molecule has 23 heavy (non-hydrogen) atoms. The van der Waals surface area contributed by atoms with Crippen LogP contribution in [0.5, 0.6) is 0 Å². The second kappa shape index (κ2) is 14.0. The first-order valence-corrected chi connectivity index (χ1v) is 8.82. The molecule has 0 bridgehead atoms. The number of carboxylic acid groups (broad SMARTS) is 2. The van der Waals surface area contributed by atoms with Crippen molar-refractivity contribution < 1.29 is 19.8 Å². The molecule has 0 aromatic heterocycles. The van der Waals surface area contributed by atoms with Crippen molar-refractivity contribution in [3.05, 3.63) is 23.8 Å². The average molecular weight is 324 g/mol. The lowest BCUT2D eigenvalue weighted by Gasteiger charge is -2.04. The Morgan fingerprint density at radius 1 is 0.826 bits per heavy atom. The predicted molar refractivity (Wildman–Crippen MR) is 93.6 cm³/mol. The van der Waals surface area contributed by atoms with Crippen LogP contribution < -0.4 is 0 Å². The van der Waals surface area contributed by atoms with Crippen molar-refractivity contribution in [2.24, 2.45) is 0 Å². The van der Waals surface area contributed by atoms with Crippen LogP contribution in [0.2, 0.25) is 0 Å². The first-order chi connectivity index (χ1) is 11.0. The molecule has 0 radical (unpaired) electrons. The van der Waals surface area contributed by atoms with Crippen LogP contribution in [0.3, 0.4) is 0 Å². The van der Waals surface area contributed by atoms with E-state index in [0.29, 0.717) is 12.0 Å². The van der Waals surface area contributed by atoms with Crippen LogP contribution in [-0.2, 0) is 9.59 Å². The van der Waals surface area contributed by atoms with E-state index in [1.54, 1.807) is 0 Å². The van der Waals surface area contributed by atoms with E-state index in [2.05, 4.69) is 13.5 Å². The van der Waals surface area contributed by atoms with Crippen molar-refractivity contribution in [2.75, 3.05) is 0 Å². The van der Waals surface area contributed by atoms with Gasteiger partial charge in [-0.1, -0.05) is 77.4 Å². The molecule has 0 amide bonds. The normalized spacial score (nSPS) is 11.4. The number of rotatable bonds is 15. The van der Waals surface area contributed by atoms with Crippen LogP contribution in [0.4, 0.5) is 0 Å². The Bertz CT molecular complexity index is 396. The highest BCUT2D eigenvalue weighted by Gasteiger charge is 2.08. The lowest BCUT2D eigenvalue weighted by atomic mass is 10.0. The molecule has 0 aliphatic carbocycles. The molecule has 0 aromatic rings. The Balaban J connectivity index is 3.77. The SMILES string of the molecule is C=C(CC=C(CCCCCCCCCCCC)C(=O)O)C(=O)O. The zero-order valence-corrected chi connectivity index (χ0v) is 14.5. The Labute approximate surface area is 140 Å². The predicted octanol–water partition coefficient (Wildman–Crippen LogP) is 5.34. The van der Waals surface area contributed by atoms with E-state index in [1.807, 2.05) is 0 Å². The summed E-state index contributed by atoms with van der Waals surface area (Å²) in [6.07, 6.45) is 14.1. The number of hydrogen-bond donors (Lipinski definition) is 2. The van der Waals surface area contributed by atoms with Gasteiger partial charge in [0.15, 0.2) is 0 Å². The zero-order valence-electron chi connectivity index (χ0n) is 14.5. The van der Waals surface area contributed by atoms with Crippen molar-refractivity contribution in [3.63, 3.8) is 0 Å². The monoisotopic (exact) mass is 324 g/mol. The number of allylic oxidation sites excluding steroid dienone is 1. The Morgan fingerprint density at radius 3 is 1.74 bits per heavy atom. The number of aliphatic carboxylic acids is 2. The molecule has 0 atom stereocenters. The van der Waals surface area contributed by atoms with Crippen molar-refractivity contribution >= 4 is 11.9 Å². The lowest BCUT2D eigenvalue weighted by molar-refractivity contribution is -0.134. The largest absolute Gasteiger partial charge is 0.478 e.